The van der Waals surface area contributed by atoms with E-state index in [4.69, 9.17) is 5.84 Å². The van der Waals surface area contributed by atoms with E-state index in [0.29, 0.717) is 0 Å². The fraction of sp³-hybridized carbons (Fsp3) is 0.0769. The van der Waals surface area contributed by atoms with Gasteiger partial charge in [-0.25, -0.2) is 5.84 Å². The maximum absolute atomic E-state index is 6.54. The van der Waals surface area contributed by atoms with E-state index in [0.717, 1.165) is 11.4 Å². The highest BCUT2D eigenvalue weighted by Gasteiger charge is 2.12. The molecule has 0 unspecified atom stereocenters. The first-order valence-electron chi connectivity index (χ1n) is 9.74. The van der Waals surface area contributed by atoms with Crippen molar-refractivity contribution in [3.63, 3.8) is 0 Å². The molecule has 2 N–H and O–H groups in total. The highest BCUT2D eigenvalue weighted by molar-refractivity contribution is 7.25. The van der Waals surface area contributed by atoms with E-state index < -0.39 is 0 Å². The number of anilines is 2. The van der Waals surface area contributed by atoms with Crippen molar-refractivity contribution < 1.29 is 0 Å². The smallest absolute Gasteiger partial charge is 0.0582 e. The van der Waals surface area contributed by atoms with Crippen molar-refractivity contribution in [2.24, 2.45) is 5.84 Å². The summed E-state index contributed by atoms with van der Waals surface area (Å²) >= 11 is 1.82. The van der Waals surface area contributed by atoms with E-state index in [-0.39, 0.29) is 0 Å². The summed E-state index contributed by atoms with van der Waals surface area (Å²) in [5.74, 6) is 6.54. The number of hydrogen-bond acceptors (Lipinski definition) is 3. The molecule has 0 atom stereocenters. The summed E-state index contributed by atoms with van der Waals surface area (Å²) < 4.78 is 2.59. The molecule has 0 aliphatic rings. The van der Waals surface area contributed by atoms with Crippen molar-refractivity contribution in [3.05, 3.63) is 96.1 Å². The van der Waals surface area contributed by atoms with Crippen molar-refractivity contribution in [2.75, 3.05) is 5.01 Å². The number of aryl methyl sites for hydroxylation is 2. The maximum Gasteiger partial charge on any atom is 0.0582 e. The van der Waals surface area contributed by atoms with E-state index in [2.05, 4.69) is 98.8 Å². The van der Waals surface area contributed by atoms with Crippen LogP contribution in [0.4, 0.5) is 11.4 Å². The van der Waals surface area contributed by atoms with Crippen LogP contribution in [0.3, 0.4) is 0 Å². The molecule has 5 aromatic rings. The molecule has 29 heavy (non-hydrogen) atoms. The summed E-state index contributed by atoms with van der Waals surface area (Å²) in [5.41, 5.74) is 6.99. The third-order valence-corrected chi connectivity index (χ3v) is 6.71. The number of hydrogen-bond donors (Lipinski definition) is 1. The Kier molecular flexibility index (Phi) is 4.35. The van der Waals surface area contributed by atoms with E-state index >= 15 is 0 Å². The number of rotatable bonds is 3. The van der Waals surface area contributed by atoms with E-state index in [1.54, 1.807) is 5.01 Å². The average Bonchev–Trinajstić information content (AvgIpc) is 3.12. The lowest BCUT2D eigenvalue weighted by molar-refractivity contribution is 1.09. The Bertz CT molecular complexity index is 1350. The molecule has 3 heteroatoms. The minimum absolute atomic E-state index is 0.985. The zero-order chi connectivity index (χ0) is 20.0. The first kappa shape index (κ1) is 17.9. The molecule has 0 aliphatic heterocycles. The van der Waals surface area contributed by atoms with Crippen LogP contribution in [0.1, 0.15) is 11.1 Å². The number of nitrogens with two attached hydrogens (primary N) is 1. The van der Waals surface area contributed by atoms with Gasteiger partial charge < -0.3 is 0 Å². The van der Waals surface area contributed by atoms with Crippen molar-refractivity contribution in [3.8, 4) is 11.1 Å². The summed E-state index contributed by atoms with van der Waals surface area (Å²) in [5, 5.41) is 4.32. The summed E-state index contributed by atoms with van der Waals surface area (Å²) in [6.07, 6.45) is 0. The van der Waals surface area contributed by atoms with E-state index in [1.165, 1.54) is 42.4 Å². The van der Waals surface area contributed by atoms with Gasteiger partial charge >= 0.3 is 0 Å². The molecule has 0 radical (unpaired) electrons. The fourth-order valence-corrected chi connectivity index (χ4v) is 5.07. The average molecular weight is 395 g/mol. The van der Waals surface area contributed by atoms with Gasteiger partial charge in [0, 0.05) is 20.2 Å². The molecule has 0 saturated heterocycles. The minimum atomic E-state index is 0.985. The third-order valence-electron chi connectivity index (χ3n) is 5.56. The molecule has 0 amide bonds. The highest BCUT2D eigenvalue weighted by Crippen LogP contribution is 2.37. The molecule has 4 aromatic carbocycles. The lowest BCUT2D eigenvalue weighted by Gasteiger charge is -2.21. The molecule has 0 bridgehead atoms. The molecule has 0 saturated carbocycles. The summed E-state index contributed by atoms with van der Waals surface area (Å²) in [6.45, 7) is 4.30. The number of fused-ring (bicyclic) bond motifs is 3. The van der Waals surface area contributed by atoms with Crippen LogP contribution in [0.2, 0.25) is 0 Å². The Hall–Kier alpha value is -3.14. The van der Waals surface area contributed by atoms with Gasteiger partial charge in [0.05, 0.1) is 11.4 Å². The molecular formula is C26H22N2S. The van der Waals surface area contributed by atoms with E-state index in [9.17, 15) is 0 Å². The fourth-order valence-electron chi connectivity index (χ4n) is 3.99. The van der Waals surface area contributed by atoms with Crippen molar-refractivity contribution >= 4 is 42.9 Å². The van der Waals surface area contributed by atoms with Gasteiger partial charge in [0.2, 0.25) is 0 Å². The summed E-state index contributed by atoms with van der Waals surface area (Å²) in [4.78, 5) is 0. The van der Waals surface area contributed by atoms with Gasteiger partial charge in [-0.3, -0.25) is 5.01 Å². The molecule has 0 spiro atoms. The maximum atomic E-state index is 6.54. The number of hydrazine groups is 1. The largest absolute Gasteiger partial charge is 0.280 e. The normalized spacial score (nSPS) is 11.3. The Morgan fingerprint density at radius 3 is 2.10 bits per heavy atom. The first-order chi connectivity index (χ1) is 14.1. The zero-order valence-electron chi connectivity index (χ0n) is 16.5. The van der Waals surface area contributed by atoms with Gasteiger partial charge in [0.15, 0.2) is 0 Å². The van der Waals surface area contributed by atoms with Crippen molar-refractivity contribution in [1.82, 2.24) is 0 Å². The van der Waals surface area contributed by atoms with Gasteiger partial charge in [0.25, 0.3) is 0 Å². The molecule has 2 nitrogen and oxygen atoms in total. The van der Waals surface area contributed by atoms with Crippen LogP contribution in [-0.2, 0) is 0 Å². The van der Waals surface area contributed by atoms with Crippen LogP contribution >= 0.6 is 11.3 Å². The van der Waals surface area contributed by atoms with E-state index in [1.807, 2.05) is 11.3 Å². The van der Waals surface area contributed by atoms with Gasteiger partial charge in [-0.2, -0.15) is 0 Å². The molecule has 0 aliphatic carbocycles. The van der Waals surface area contributed by atoms with Crippen LogP contribution in [0.25, 0.3) is 31.3 Å². The highest BCUT2D eigenvalue weighted by atomic mass is 32.1. The number of benzene rings is 4. The first-order valence-corrected chi connectivity index (χ1v) is 10.6. The number of thiophene rings is 1. The second-order valence-corrected chi connectivity index (χ2v) is 8.55. The monoisotopic (exact) mass is 394 g/mol. The Balaban J connectivity index is 1.55. The third kappa shape index (κ3) is 3.09. The minimum Gasteiger partial charge on any atom is -0.280 e. The van der Waals surface area contributed by atoms with Crippen molar-refractivity contribution in [2.45, 2.75) is 13.8 Å². The molecule has 5 rings (SSSR count). The predicted octanol–water partition coefficient (Wildman–Crippen LogP) is 7.35. The van der Waals surface area contributed by atoms with Crippen LogP contribution < -0.4 is 10.9 Å². The van der Waals surface area contributed by atoms with Crippen molar-refractivity contribution in [1.29, 1.82) is 0 Å². The van der Waals surface area contributed by atoms with Gasteiger partial charge in [-0.05, 0) is 72.5 Å². The predicted molar refractivity (Wildman–Crippen MR) is 127 cm³/mol. The van der Waals surface area contributed by atoms with Gasteiger partial charge in [0.1, 0.15) is 0 Å². The summed E-state index contributed by atoms with van der Waals surface area (Å²) in [7, 11) is 0. The Morgan fingerprint density at radius 2 is 1.28 bits per heavy atom. The standard InChI is InChI=1S/C26H22N2S/c1-17-7-3-4-8-21(17)22-13-11-19(15-18(22)2)28(27)20-12-14-26-24(16-20)23-9-5-6-10-25(23)29-26/h3-16H,27H2,1-2H3. The van der Waals surface area contributed by atoms with Gasteiger partial charge in [-0.15, -0.1) is 11.3 Å². The zero-order valence-corrected chi connectivity index (χ0v) is 17.3. The van der Waals surface area contributed by atoms with Crippen LogP contribution in [0, 0.1) is 13.8 Å². The lowest BCUT2D eigenvalue weighted by Crippen LogP contribution is -2.24. The Labute approximate surface area is 174 Å². The molecule has 1 heterocycles. The molecule has 142 valence electrons. The number of nitrogens with zero attached hydrogens (tertiary/aromatic N) is 1. The summed E-state index contributed by atoms with van der Waals surface area (Å²) in [6, 6.07) is 29.9. The Morgan fingerprint density at radius 1 is 0.621 bits per heavy atom. The molecule has 1 aromatic heterocycles. The second kappa shape index (κ2) is 7.03. The van der Waals surface area contributed by atoms with Crippen LogP contribution in [0.5, 0.6) is 0 Å². The quantitative estimate of drug-likeness (QED) is 0.256. The van der Waals surface area contributed by atoms with Crippen LogP contribution in [-0.4, -0.2) is 0 Å². The molecule has 0 fully saturated rings. The molecular weight excluding hydrogens is 372 g/mol. The SMILES string of the molecule is Cc1ccccc1-c1ccc(N(N)c2ccc3sc4ccccc4c3c2)cc1C. The second-order valence-electron chi connectivity index (χ2n) is 7.46. The van der Waals surface area contributed by atoms with Gasteiger partial charge in [-0.1, -0.05) is 48.5 Å². The van der Waals surface area contributed by atoms with Crippen LogP contribution in [0.15, 0.2) is 84.9 Å². The lowest BCUT2D eigenvalue weighted by atomic mass is 9.96. The topological polar surface area (TPSA) is 29.3 Å².